The second kappa shape index (κ2) is 6.36. The molecule has 116 valence electrons. The van der Waals surface area contributed by atoms with Crippen molar-refractivity contribution in [2.45, 2.75) is 25.9 Å². The van der Waals surface area contributed by atoms with Gasteiger partial charge >= 0.3 is 0 Å². The molecular weight excluding hydrogens is 300 g/mol. The number of benzene rings is 1. The van der Waals surface area contributed by atoms with Gasteiger partial charge in [-0.3, -0.25) is 9.69 Å². The summed E-state index contributed by atoms with van der Waals surface area (Å²) in [5.41, 5.74) is 0.347. The van der Waals surface area contributed by atoms with Crippen LogP contribution < -0.4 is 9.64 Å². The number of hydrogen-bond donors (Lipinski definition) is 0. The maximum Gasteiger partial charge on any atom is 0.271 e. The molecule has 1 amide bonds. The standard InChI is InChI=1S/C17H18N2O2.ClH/c1-17(2)16(20)19(12-10-13-7-4-3-5-8-13)15-14(21-17)9-6-11-18-15;/h3-9,11H,10,12H2,1-2H3;1H. The first-order valence-electron chi connectivity index (χ1n) is 7.08. The number of ether oxygens (including phenoxy) is 1. The van der Waals surface area contributed by atoms with Gasteiger partial charge in [-0.15, -0.1) is 12.4 Å². The van der Waals surface area contributed by atoms with E-state index in [1.54, 1.807) is 24.9 Å². The van der Waals surface area contributed by atoms with Gasteiger partial charge in [-0.25, -0.2) is 4.98 Å². The van der Waals surface area contributed by atoms with Crippen LogP contribution in [0.5, 0.6) is 5.75 Å². The molecule has 22 heavy (non-hydrogen) atoms. The molecule has 0 radical (unpaired) electrons. The van der Waals surface area contributed by atoms with Gasteiger partial charge in [-0.05, 0) is 38.0 Å². The predicted molar refractivity (Wildman–Crippen MR) is 88.7 cm³/mol. The van der Waals surface area contributed by atoms with Gasteiger partial charge in [-0.2, -0.15) is 0 Å². The molecule has 3 rings (SSSR count). The molecule has 2 heterocycles. The number of hydrogen-bond acceptors (Lipinski definition) is 3. The summed E-state index contributed by atoms with van der Waals surface area (Å²) >= 11 is 0. The molecular formula is C17H19ClN2O2. The summed E-state index contributed by atoms with van der Waals surface area (Å²) in [6.07, 6.45) is 2.47. The minimum Gasteiger partial charge on any atom is -0.474 e. The molecule has 1 aliphatic rings. The van der Waals surface area contributed by atoms with Gasteiger partial charge in [0.2, 0.25) is 0 Å². The summed E-state index contributed by atoms with van der Waals surface area (Å²) in [4.78, 5) is 18.6. The molecule has 5 heteroatoms. The maximum absolute atomic E-state index is 12.6. The number of pyridine rings is 1. The largest absolute Gasteiger partial charge is 0.474 e. The minimum atomic E-state index is -0.854. The fourth-order valence-electron chi connectivity index (χ4n) is 2.50. The molecule has 0 N–H and O–H groups in total. The Morgan fingerprint density at radius 1 is 1.14 bits per heavy atom. The van der Waals surface area contributed by atoms with Crippen LogP contribution in [0.2, 0.25) is 0 Å². The molecule has 4 nitrogen and oxygen atoms in total. The lowest BCUT2D eigenvalue weighted by molar-refractivity contribution is -0.132. The minimum absolute atomic E-state index is 0. The Bertz CT molecular complexity index is 659. The van der Waals surface area contributed by atoms with Crippen molar-refractivity contribution < 1.29 is 9.53 Å². The molecule has 0 bridgehead atoms. The van der Waals surface area contributed by atoms with E-state index in [1.165, 1.54) is 5.56 Å². The lowest BCUT2D eigenvalue weighted by atomic mass is 10.0. The summed E-state index contributed by atoms with van der Waals surface area (Å²) in [5.74, 6) is 1.22. The van der Waals surface area contributed by atoms with Gasteiger partial charge in [0, 0.05) is 12.7 Å². The second-order valence-electron chi connectivity index (χ2n) is 5.63. The maximum atomic E-state index is 12.6. The molecule has 0 spiro atoms. The van der Waals surface area contributed by atoms with Gasteiger partial charge in [0.25, 0.3) is 5.91 Å². The van der Waals surface area contributed by atoms with Crippen molar-refractivity contribution >= 4 is 24.1 Å². The molecule has 1 aromatic carbocycles. The van der Waals surface area contributed by atoms with E-state index in [1.807, 2.05) is 30.3 Å². The topological polar surface area (TPSA) is 42.4 Å². The normalized spacial score (nSPS) is 15.5. The van der Waals surface area contributed by atoms with E-state index in [0.717, 1.165) is 6.42 Å². The third-order valence-electron chi connectivity index (χ3n) is 3.60. The van der Waals surface area contributed by atoms with Crippen LogP contribution in [-0.2, 0) is 11.2 Å². The first kappa shape index (κ1) is 16.3. The first-order valence-corrected chi connectivity index (χ1v) is 7.08. The van der Waals surface area contributed by atoms with Crippen LogP contribution in [-0.4, -0.2) is 23.0 Å². The van der Waals surface area contributed by atoms with Crippen LogP contribution in [0.25, 0.3) is 0 Å². The zero-order valence-corrected chi connectivity index (χ0v) is 13.5. The predicted octanol–water partition coefficient (Wildman–Crippen LogP) is 3.25. The molecule has 0 atom stereocenters. The van der Waals surface area contributed by atoms with Gasteiger partial charge in [-0.1, -0.05) is 30.3 Å². The third kappa shape index (κ3) is 3.07. The van der Waals surface area contributed by atoms with Crippen molar-refractivity contribution in [2.24, 2.45) is 0 Å². The second-order valence-corrected chi connectivity index (χ2v) is 5.63. The average Bonchev–Trinajstić information content (AvgIpc) is 2.48. The number of anilines is 1. The molecule has 0 saturated heterocycles. The fourth-order valence-corrected chi connectivity index (χ4v) is 2.50. The van der Waals surface area contributed by atoms with Crippen molar-refractivity contribution in [1.29, 1.82) is 0 Å². The Balaban J connectivity index is 0.00000176. The third-order valence-corrected chi connectivity index (χ3v) is 3.60. The Morgan fingerprint density at radius 3 is 2.59 bits per heavy atom. The van der Waals surface area contributed by atoms with E-state index < -0.39 is 5.60 Å². The molecule has 0 fully saturated rings. The van der Waals surface area contributed by atoms with Crippen LogP contribution >= 0.6 is 12.4 Å². The average molecular weight is 319 g/mol. The van der Waals surface area contributed by atoms with Crippen molar-refractivity contribution in [3.8, 4) is 5.75 Å². The molecule has 0 aliphatic carbocycles. The van der Waals surface area contributed by atoms with Crippen molar-refractivity contribution in [3.05, 3.63) is 54.2 Å². The van der Waals surface area contributed by atoms with E-state index in [9.17, 15) is 4.79 Å². The molecule has 1 aromatic heterocycles. The SMILES string of the molecule is CC1(C)Oc2cccnc2N(CCc2ccccc2)C1=O.Cl. The number of halogens is 1. The van der Waals surface area contributed by atoms with E-state index in [4.69, 9.17) is 4.74 Å². The fraction of sp³-hybridized carbons (Fsp3) is 0.294. The number of carbonyl (C=O) groups is 1. The van der Waals surface area contributed by atoms with Crippen LogP contribution in [0.3, 0.4) is 0 Å². The number of amides is 1. The van der Waals surface area contributed by atoms with Crippen molar-refractivity contribution in [1.82, 2.24) is 4.98 Å². The van der Waals surface area contributed by atoms with Crippen LogP contribution in [0.1, 0.15) is 19.4 Å². The van der Waals surface area contributed by atoms with Crippen molar-refractivity contribution in [2.75, 3.05) is 11.4 Å². The van der Waals surface area contributed by atoms with Gasteiger partial charge in [0.05, 0.1) is 0 Å². The van der Waals surface area contributed by atoms with Crippen LogP contribution in [0.4, 0.5) is 5.82 Å². The van der Waals surface area contributed by atoms with E-state index in [2.05, 4.69) is 17.1 Å². The van der Waals surface area contributed by atoms with E-state index >= 15 is 0 Å². The zero-order chi connectivity index (χ0) is 14.9. The summed E-state index contributed by atoms with van der Waals surface area (Å²) in [5, 5.41) is 0. The number of rotatable bonds is 3. The van der Waals surface area contributed by atoms with Crippen LogP contribution in [0, 0.1) is 0 Å². The summed E-state index contributed by atoms with van der Waals surface area (Å²) in [7, 11) is 0. The van der Waals surface area contributed by atoms with Crippen molar-refractivity contribution in [3.63, 3.8) is 0 Å². The summed E-state index contributed by atoms with van der Waals surface area (Å²) < 4.78 is 5.76. The molecule has 2 aromatic rings. The summed E-state index contributed by atoms with van der Waals surface area (Å²) in [6, 6.07) is 13.8. The highest BCUT2D eigenvalue weighted by Crippen LogP contribution is 2.35. The molecule has 1 aliphatic heterocycles. The number of nitrogens with zero attached hydrogens (tertiary/aromatic N) is 2. The smallest absolute Gasteiger partial charge is 0.271 e. The van der Waals surface area contributed by atoms with Gasteiger partial charge < -0.3 is 4.74 Å². The molecule has 0 saturated carbocycles. The quantitative estimate of drug-likeness (QED) is 0.872. The zero-order valence-electron chi connectivity index (χ0n) is 12.7. The van der Waals surface area contributed by atoms with Crippen LogP contribution in [0.15, 0.2) is 48.7 Å². The Kier molecular flexibility index (Phi) is 4.71. The molecule has 0 unspecified atom stereocenters. The Morgan fingerprint density at radius 2 is 1.86 bits per heavy atom. The highest BCUT2D eigenvalue weighted by Gasteiger charge is 2.41. The van der Waals surface area contributed by atoms with E-state index in [0.29, 0.717) is 18.1 Å². The van der Waals surface area contributed by atoms with Gasteiger partial charge in [0.15, 0.2) is 17.2 Å². The Labute approximate surface area is 136 Å². The lowest BCUT2D eigenvalue weighted by Gasteiger charge is -2.37. The number of carbonyl (C=O) groups excluding carboxylic acids is 1. The number of aromatic nitrogens is 1. The monoisotopic (exact) mass is 318 g/mol. The summed E-state index contributed by atoms with van der Waals surface area (Å²) in [6.45, 7) is 4.18. The highest BCUT2D eigenvalue weighted by molar-refractivity contribution is 6.01. The first-order chi connectivity index (χ1) is 10.1. The highest BCUT2D eigenvalue weighted by atomic mass is 35.5. The lowest BCUT2D eigenvalue weighted by Crippen LogP contribution is -2.53. The number of fused-ring (bicyclic) bond motifs is 1. The van der Waals surface area contributed by atoms with E-state index in [-0.39, 0.29) is 18.3 Å². The van der Waals surface area contributed by atoms with Gasteiger partial charge in [0.1, 0.15) is 0 Å². The Hall–Kier alpha value is -2.07.